The van der Waals surface area contributed by atoms with E-state index in [-0.39, 0.29) is 13.2 Å². The lowest BCUT2D eigenvalue weighted by atomic mass is 9.97. The van der Waals surface area contributed by atoms with Crippen LogP contribution in [-0.2, 0) is 9.47 Å². The molecule has 0 atom stereocenters. The van der Waals surface area contributed by atoms with Gasteiger partial charge in [0.15, 0.2) is 5.75 Å². The van der Waals surface area contributed by atoms with Gasteiger partial charge in [0.1, 0.15) is 19.0 Å². The van der Waals surface area contributed by atoms with E-state index in [1.807, 2.05) is 61.5 Å². The summed E-state index contributed by atoms with van der Waals surface area (Å²) >= 11 is 0. The Balaban J connectivity index is 1.95. The first kappa shape index (κ1) is 25.8. The molecule has 3 rings (SSSR count). The number of ether oxygens (including phenoxy) is 4. The fourth-order valence-corrected chi connectivity index (χ4v) is 3.70. The van der Waals surface area contributed by atoms with Gasteiger partial charge in [-0.1, -0.05) is 93.5 Å². The Bertz CT molecular complexity index is 1220. The number of hydrogen-bond acceptors (Lipinski definition) is 6. The Labute approximate surface area is 206 Å². The highest BCUT2D eigenvalue weighted by Gasteiger charge is 2.22. The van der Waals surface area contributed by atoms with Crippen LogP contribution in [0.25, 0.3) is 21.5 Å². The number of fused-ring (bicyclic) bond motifs is 2. The van der Waals surface area contributed by atoms with E-state index in [1.165, 1.54) is 0 Å². The van der Waals surface area contributed by atoms with Crippen molar-refractivity contribution in [2.45, 2.75) is 46.5 Å². The minimum Gasteiger partial charge on any atom is -0.430 e. The largest absolute Gasteiger partial charge is 0.514 e. The van der Waals surface area contributed by atoms with Crippen molar-refractivity contribution in [3.05, 3.63) is 72.3 Å². The molecule has 0 amide bonds. The van der Waals surface area contributed by atoms with Crippen molar-refractivity contribution in [1.82, 2.24) is 0 Å². The number of rotatable bonds is 10. The number of aryl methyl sites for hydroxylation is 1. The van der Waals surface area contributed by atoms with E-state index in [0.29, 0.717) is 33.0 Å². The maximum absolute atomic E-state index is 12.5. The van der Waals surface area contributed by atoms with E-state index in [1.54, 1.807) is 12.2 Å². The SMILES string of the molecule is CCC/C=C/COC(=O)Oc1c2ccccc2c(OC(=O)OC/C=C/CCC)c2c(C)cccc12. The van der Waals surface area contributed by atoms with Crippen molar-refractivity contribution in [2.75, 3.05) is 13.2 Å². The van der Waals surface area contributed by atoms with Crippen LogP contribution >= 0.6 is 0 Å². The molecule has 6 heteroatoms. The summed E-state index contributed by atoms with van der Waals surface area (Å²) in [4.78, 5) is 25.0. The van der Waals surface area contributed by atoms with Crippen LogP contribution in [0.15, 0.2) is 66.8 Å². The summed E-state index contributed by atoms with van der Waals surface area (Å²) in [6.07, 6.45) is 9.82. The van der Waals surface area contributed by atoms with E-state index in [0.717, 1.165) is 31.2 Å². The molecule has 0 unspecified atom stereocenters. The topological polar surface area (TPSA) is 71.1 Å². The van der Waals surface area contributed by atoms with Crippen molar-refractivity contribution in [3.63, 3.8) is 0 Å². The third-order valence-corrected chi connectivity index (χ3v) is 5.37. The molecule has 35 heavy (non-hydrogen) atoms. The van der Waals surface area contributed by atoms with Crippen LogP contribution in [0.1, 0.15) is 45.1 Å². The molecular formula is C29H32O6. The number of carbonyl (C=O) groups excluding carboxylic acids is 2. The molecule has 0 radical (unpaired) electrons. The molecule has 3 aromatic rings. The molecule has 0 spiro atoms. The van der Waals surface area contributed by atoms with Crippen LogP contribution < -0.4 is 9.47 Å². The Hall–Kier alpha value is -3.80. The molecule has 0 N–H and O–H groups in total. The maximum atomic E-state index is 12.5. The molecule has 0 saturated heterocycles. The van der Waals surface area contributed by atoms with Crippen molar-refractivity contribution in [2.24, 2.45) is 0 Å². The van der Waals surface area contributed by atoms with E-state index in [2.05, 4.69) is 13.8 Å². The number of benzene rings is 3. The maximum Gasteiger partial charge on any atom is 0.514 e. The molecule has 184 valence electrons. The van der Waals surface area contributed by atoms with Gasteiger partial charge in [-0.25, -0.2) is 9.59 Å². The first-order chi connectivity index (χ1) is 17.1. The summed E-state index contributed by atoms with van der Waals surface area (Å²) in [5.74, 6) is 0.713. The highest BCUT2D eigenvalue weighted by molar-refractivity contribution is 6.13. The monoisotopic (exact) mass is 476 g/mol. The summed E-state index contributed by atoms with van der Waals surface area (Å²) in [7, 11) is 0. The van der Waals surface area contributed by atoms with Crippen molar-refractivity contribution < 1.29 is 28.5 Å². The first-order valence-corrected chi connectivity index (χ1v) is 12.0. The Morgan fingerprint density at radius 3 is 1.77 bits per heavy atom. The lowest BCUT2D eigenvalue weighted by molar-refractivity contribution is 0.109. The third kappa shape index (κ3) is 6.85. The molecule has 0 aromatic heterocycles. The Kier molecular flexibility index (Phi) is 9.72. The zero-order valence-corrected chi connectivity index (χ0v) is 20.5. The minimum absolute atomic E-state index is 0.132. The highest BCUT2D eigenvalue weighted by Crippen LogP contribution is 2.44. The van der Waals surface area contributed by atoms with Gasteiger partial charge in [0, 0.05) is 21.5 Å². The van der Waals surface area contributed by atoms with Gasteiger partial charge in [0.05, 0.1) is 0 Å². The second-order valence-corrected chi connectivity index (χ2v) is 8.05. The number of carbonyl (C=O) groups is 2. The van der Waals surface area contributed by atoms with Gasteiger partial charge < -0.3 is 18.9 Å². The van der Waals surface area contributed by atoms with Gasteiger partial charge in [0.25, 0.3) is 0 Å². The zero-order valence-electron chi connectivity index (χ0n) is 20.5. The summed E-state index contributed by atoms with van der Waals surface area (Å²) in [6.45, 7) is 6.33. The van der Waals surface area contributed by atoms with E-state index >= 15 is 0 Å². The van der Waals surface area contributed by atoms with Gasteiger partial charge in [-0.05, 0) is 25.3 Å². The van der Waals surface area contributed by atoms with Gasteiger partial charge in [-0.2, -0.15) is 0 Å². The lowest BCUT2D eigenvalue weighted by Crippen LogP contribution is -2.13. The third-order valence-electron chi connectivity index (χ3n) is 5.37. The molecule has 0 fully saturated rings. The molecule has 0 heterocycles. The quantitative estimate of drug-likeness (QED) is 0.128. The predicted molar refractivity (Wildman–Crippen MR) is 138 cm³/mol. The van der Waals surface area contributed by atoms with Crippen LogP contribution in [0.2, 0.25) is 0 Å². The van der Waals surface area contributed by atoms with Gasteiger partial charge >= 0.3 is 12.3 Å². The molecule has 6 nitrogen and oxygen atoms in total. The number of unbranched alkanes of at least 4 members (excludes halogenated alkanes) is 2. The van der Waals surface area contributed by atoms with Crippen LogP contribution in [0, 0.1) is 6.92 Å². The number of allylic oxidation sites excluding steroid dienone is 2. The smallest absolute Gasteiger partial charge is 0.430 e. The molecule has 0 aliphatic heterocycles. The van der Waals surface area contributed by atoms with E-state index in [4.69, 9.17) is 18.9 Å². The van der Waals surface area contributed by atoms with Crippen LogP contribution in [0.5, 0.6) is 11.5 Å². The van der Waals surface area contributed by atoms with Crippen molar-refractivity contribution in [3.8, 4) is 11.5 Å². The molecule has 0 aliphatic carbocycles. The van der Waals surface area contributed by atoms with E-state index < -0.39 is 12.3 Å². The average molecular weight is 477 g/mol. The fraction of sp³-hybridized carbons (Fsp3) is 0.310. The molecular weight excluding hydrogens is 444 g/mol. The van der Waals surface area contributed by atoms with Crippen LogP contribution in [-0.4, -0.2) is 25.5 Å². The van der Waals surface area contributed by atoms with Gasteiger partial charge in [-0.15, -0.1) is 0 Å². The molecule has 3 aromatic carbocycles. The minimum atomic E-state index is -0.800. The highest BCUT2D eigenvalue weighted by atomic mass is 16.7. The summed E-state index contributed by atoms with van der Waals surface area (Å²) in [5.41, 5.74) is 0.861. The second-order valence-electron chi connectivity index (χ2n) is 8.05. The van der Waals surface area contributed by atoms with Crippen LogP contribution in [0.4, 0.5) is 9.59 Å². The second kappa shape index (κ2) is 13.2. The average Bonchev–Trinajstić information content (AvgIpc) is 2.85. The first-order valence-electron chi connectivity index (χ1n) is 12.0. The van der Waals surface area contributed by atoms with E-state index in [9.17, 15) is 9.59 Å². The van der Waals surface area contributed by atoms with Crippen molar-refractivity contribution in [1.29, 1.82) is 0 Å². The molecule has 0 aliphatic rings. The lowest BCUT2D eigenvalue weighted by Gasteiger charge is -2.17. The normalized spacial score (nSPS) is 11.4. The van der Waals surface area contributed by atoms with Crippen LogP contribution in [0.3, 0.4) is 0 Å². The summed E-state index contributed by atoms with van der Waals surface area (Å²) in [6, 6.07) is 12.9. The van der Waals surface area contributed by atoms with Gasteiger partial charge in [0.2, 0.25) is 0 Å². The van der Waals surface area contributed by atoms with Gasteiger partial charge in [-0.3, -0.25) is 0 Å². The number of hydrogen-bond donors (Lipinski definition) is 0. The zero-order chi connectivity index (χ0) is 25.0. The fourth-order valence-electron chi connectivity index (χ4n) is 3.70. The summed E-state index contributed by atoms with van der Waals surface area (Å²) in [5, 5.41) is 2.54. The Morgan fingerprint density at radius 1 is 0.686 bits per heavy atom. The molecule has 0 saturated carbocycles. The summed E-state index contributed by atoms with van der Waals surface area (Å²) < 4.78 is 21.9. The van der Waals surface area contributed by atoms with Crippen molar-refractivity contribution >= 4 is 33.9 Å². The molecule has 0 bridgehead atoms. The standard InChI is InChI=1S/C29H32O6/c1-4-6-8-12-19-32-28(30)34-26-22-16-10-11-17-23(22)27(25-21(3)15-14-18-24(25)26)35-29(31)33-20-13-9-7-5-2/h8-18H,4-7,19-20H2,1-3H3/b12-8+,13-9+. The Morgan fingerprint density at radius 2 is 1.20 bits per heavy atom. The predicted octanol–water partition coefficient (Wildman–Crippen LogP) is 8.04.